The predicted molar refractivity (Wildman–Crippen MR) is 138 cm³/mol. The number of rotatable bonds is 10. The summed E-state index contributed by atoms with van der Waals surface area (Å²) in [5, 5.41) is 22.4. The molecule has 35 heavy (non-hydrogen) atoms. The Labute approximate surface area is 231 Å². The summed E-state index contributed by atoms with van der Waals surface area (Å²) in [6, 6.07) is 0.562. The van der Waals surface area contributed by atoms with Crippen molar-refractivity contribution in [2.75, 3.05) is 0 Å². The largest absolute Gasteiger partial charge is 2.00 e. The molecule has 0 saturated heterocycles. The van der Waals surface area contributed by atoms with Crippen molar-refractivity contribution in [2.24, 2.45) is 46.0 Å². The second-order valence-corrected chi connectivity index (χ2v) is 11.4. The number of hydrogen-bond donors (Lipinski definition) is 2. The first-order valence-electron chi connectivity index (χ1n) is 13.5. The van der Waals surface area contributed by atoms with Crippen LogP contribution in [0.15, 0.2) is 0 Å². The monoisotopic (exact) mass is 679 g/mol. The van der Waals surface area contributed by atoms with Gasteiger partial charge in [-0.3, -0.25) is 0 Å². The molecule has 0 unspecified atom stereocenters. The van der Waals surface area contributed by atoms with E-state index < -0.39 is 22.8 Å². The minimum atomic E-state index is -0.889. The summed E-state index contributed by atoms with van der Waals surface area (Å²) in [6.45, 7) is 19.7. The minimum Gasteiger partial charge on any atom is -0.550 e. The topological polar surface area (TPSA) is 132 Å². The van der Waals surface area contributed by atoms with E-state index in [2.05, 4.69) is 0 Å². The molecule has 0 spiro atoms. The minimum absolute atomic E-state index is 0. The van der Waals surface area contributed by atoms with E-state index in [1.165, 1.54) is 12.8 Å². The predicted octanol–water partition coefficient (Wildman–Crippen LogP) is 3.88. The summed E-state index contributed by atoms with van der Waals surface area (Å²) >= 11 is 0. The van der Waals surface area contributed by atoms with Crippen molar-refractivity contribution in [3.05, 3.63) is 0 Å². The van der Waals surface area contributed by atoms with Crippen molar-refractivity contribution in [1.82, 2.24) is 0 Å². The molecule has 1 aliphatic rings. The van der Waals surface area contributed by atoms with Gasteiger partial charge in [0.25, 0.3) is 0 Å². The molecule has 6 nitrogen and oxygen atoms in total. The molecule has 0 amide bonds. The normalized spacial score (nSPS) is 18.4. The van der Waals surface area contributed by atoms with Gasteiger partial charge in [0.05, 0.1) is 0 Å². The molecule has 2 atom stereocenters. The molecule has 1 aliphatic carbocycles. The van der Waals surface area contributed by atoms with E-state index in [-0.39, 0.29) is 56.8 Å². The van der Waals surface area contributed by atoms with Crippen LogP contribution in [0, 0.1) is 34.5 Å². The Kier molecular flexibility index (Phi) is 20.9. The fourth-order valence-corrected chi connectivity index (χ4v) is 5.65. The van der Waals surface area contributed by atoms with Gasteiger partial charge >= 0.3 is 21.1 Å². The van der Waals surface area contributed by atoms with Crippen molar-refractivity contribution >= 4 is 11.9 Å². The molecule has 0 heterocycles. The summed E-state index contributed by atoms with van der Waals surface area (Å²) in [4.78, 5) is 22.4. The van der Waals surface area contributed by atoms with Gasteiger partial charge in [-0.15, -0.1) is 0 Å². The van der Waals surface area contributed by atoms with Crippen LogP contribution >= 0.6 is 0 Å². The van der Waals surface area contributed by atoms with Crippen LogP contribution in [-0.2, 0) is 30.7 Å². The molecule has 212 valence electrons. The van der Waals surface area contributed by atoms with Crippen LogP contribution in [0.3, 0.4) is 0 Å². The van der Waals surface area contributed by atoms with E-state index in [0.717, 1.165) is 25.7 Å². The van der Waals surface area contributed by atoms with Gasteiger partial charge in [0, 0.05) is 34.9 Å². The third-order valence-electron chi connectivity index (χ3n) is 8.08. The number of hydrogen-bond acceptors (Lipinski definition) is 6. The molecule has 0 aliphatic heterocycles. The quantitative estimate of drug-likeness (QED) is 0.360. The van der Waals surface area contributed by atoms with Gasteiger partial charge < -0.3 is 31.3 Å². The van der Waals surface area contributed by atoms with Gasteiger partial charge in [-0.2, -0.15) is 0 Å². The first kappa shape index (κ1) is 39.1. The molecule has 1 saturated carbocycles. The third kappa shape index (κ3) is 11.2. The van der Waals surface area contributed by atoms with Crippen molar-refractivity contribution in [1.29, 1.82) is 0 Å². The van der Waals surface area contributed by atoms with E-state index >= 15 is 0 Å². The van der Waals surface area contributed by atoms with Crippen molar-refractivity contribution in [2.45, 2.75) is 133 Å². The second-order valence-electron chi connectivity index (χ2n) is 11.4. The van der Waals surface area contributed by atoms with Crippen LogP contribution < -0.4 is 21.7 Å². The third-order valence-corrected chi connectivity index (χ3v) is 8.08. The number of carbonyl (C=O) groups is 2. The van der Waals surface area contributed by atoms with Crippen molar-refractivity contribution in [3.8, 4) is 0 Å². The Bertz CT molecular complexity index is 513. The SMILES string of the molecule is CCCC(C(=O)[O-])(C(C)C)C(C)C.CCCC(C(=O)[O-])(C(C)C)C(C)C.N[C@@H]1CCCC[C@H]1N.[Pt+2]. The molecule has 0 bridgehead atoms. The Morgan fingerprint density at radius 2 is 0.914 bits per heavy atom. The fraction of sp³-hybridized carbons (Fsp3) is 0.929. The van der Waals surface area contributed by atoms with E-state index in [1.807, 2.05) is 69.2 Å². The van der Waals surface area contributed by atoms with Crippen LogP contribution in [0.2, 0.25) is 0 Å². The number of carboxylic acids is 2. The van der Waals surface area contributed by atoms with E-state index in [4.69, 9.17) is 11.5 Å². The second kappa shape index (κ2) is 18.7. The van der Waals surface area contributed by atoms with E-state index in [1.54, 1.807) is 0 Å². The van der Waals surface area contributed by atoms with Crippen LogP contribution in [0.25, 0.3) is 0 Å². The average Bonchev–Trinajstić information content (AvgIpc) is 2.71. The zero-order chi connectivity index (χ0) is 27.3. The number of carboxylic acid groups (broad SMARTS) is 2. The van der Waals surface area contributed by atoms with E-state index in [9.17, 15) is 19.8 Å². The number of carbonyl (C=O) groups excluding carboxylic acids is 2. The molecule has 0 aromatic carbocycles. The molecule has 4 N–H and O–H groups in total. The molecular formula is C28H56N2O4Pt. The maximum absolute atomic E-state index is 11.2. The Balaban J connectivity index is -0.000000444. The molecular weight excluding hydrogens is 623 g/mol. The maximum atomic E-state index is 11.2. The Morgan fingerprint density at radius 1 is 0.686 bits per heavy atom. The molecule has 0 radical (unpaired) electrons. The standard InChI is InChI=1S/2C11H22O2.C6H14N2.Pt/c2*1-6-7-11(8(2)3,9(4)5)10(12)13;7-5-3-1-2-4-6(5)8;/h2*8-9H,6-7H2,1-5H3,(H,12,13);5-6H,1-4,7-8H2;/q;;;+2/p-2/t;;5-,6-;/m..1./s1. The molecule has 7 heteroatoms. The van der Waals surface area contributed by atoms with Crippen molar-refractivity contribution < 1.29 is 40.9 Å². The van der Waals surface area contributed by atoms with Gasteiger partial charge in [-0.1, -0.05) is 94.9 Å². The first-order chi connectivity index (χ1) is 15.6. The Morgan fingerprint density at radius 3 is 1.00 bits per heavy atom. The van der Waals surface area contributed by atoms with Crippen LogP contribution in [0.5, 0.6) is 0 Å². The van der Waals surface area contributed by atoms with Crippen LogP contribution in [0.1, 0.15) is 121 Å². The molecule has 0 aromatic rings. The zero-order valence-corrected chi connectivity index (χ0v) is 26.5. The van der Waals surface area contributed by atoms with Gasteiger partial charge in [0.1, 0.15) is 0 Å². The molecule has 1 rings (SSSR count). The maximum Gasteiger partial charge on any atom is 2.00 e. The summed E-state index contributed by atoms with van der Waals surface area (Å²) in [5.41, 5.74) is 10.0. The van der Waals surface area contributed by atoms with Gasteiger partial charge in [-0.05, 0) is 49.4 Å². The van der Waals surface area contributed by atoms with E-state index in [0.29, 0.717) is 12.8 Å². The first-order valence-corrected chi connectivity index (χ1v) is 13.5. The Hall–Kier alpha value is -0.452. The summed E-state index contributed by atoms with van der Waals surface area (Å²) in [6.07, 6.45) is 8.01. The van der Waals surface area contributed by atoms with Gasteiger partial charge in [0.2, 0.25) is 0 Å². The fourth-order valence-electron chi connectivity index (χ4n) is 5.65. The number of aliphatic carboxylic acids is 2. The molecule has 0 aromatic heterocycles. The summed E-state index contributed by atoms with van der Waals surface area (Å²) < 4.78 is 0. The van der Waals surface area contributed by atoms with Gasteiger partial charge in [-0.25, -0.2) is 0 Å². The zero-order valence-electron chi connectivity index (χ0n) is 24.2. The summed E-state index contributed by atoms with van der Waals surface area (Å²) in [5.74, 6) is -1.23. The van der Waals surface area contributed by atoms with Crippen LogP contribution in [-0.4, -0.2) is 24.0 Å². The summed E-state index contributed by atoms with van der Waals surface area (Å²) in [7, 11) is 0. The van der Waals surface area contributed by atoms with Crippen molar-refractivity contribution in [3.63, 3.8) is 0 Å². The molecule has 1 fully saturated rings. The number of nitrogens with two attached hydrogens (primary N) is 2. The van der Waals surface area contributed by atoms with Gasteiger partial charge in [0.15, 0.2) is 0 Å². The van der Waals surface area contributed by atoms with Crippen LogP contribution in [0.4, 0.5) is 0 Å². The average molecular weight is 680 g/mol. The smallest absolute Gasteiger partial charge is 0.550 e.